The molecule has 4 nitrogen and oxygen atoms in total. The van der Waals surface area contributed by atoms with Crippen LogP contribution in [0.1, 0.15) is 46.0 Å². The molecular weight excluding hydrogens is 230 g/mol. The third-order valence-corrected chi connectivity index (χ3v) is 4.21. The quantitative estimate of drug-likeness (QED) is 0.768. The van der Waals surface area contributed by atoms with Crippen molar-refractivity contribution in [1.82, 2.24) is 4.90 Å². The van der Waals surface area contributed by atoms with Gasteiger partial charge in [-0.15, -0.1) is 0 Å². The van der Waals surface area contributed by atoms with Crippen molar-refractivity contribution in [2.75, 3.05) is 13.1 Å². The normalized spacial score (nSPS) is 39.2. The molecule has 4 atom stereocenters. The minimum absolute atomic E-state index is 0.190. The first-order valence-corrected chi connectivity index (χ1v) is 7.20. The summed E-state index contributed by atoms with van der Waals surface area (Å²) in [6, 6.07) is 0.207. The van der Waals surface area contributed by atoms with Crippen LogP contribution in [0.15, 0.2) is 0 Å². The molecule has 0 aromatic heterocycles. The van der Waals surface area contributed by atoms with Crippen LogP contribution in [-0.2, 0) is 9.53 Å². The summed E-state index contributed by atoms with van der Waals surface area (Å²) in [4.78, 5) is 13.8. The maximum absolute atomic E-state index is 11.5. The summed E-state index contributed by atoms with van der Waals surface area (Å²) < 4.78 is 5.75. The Morgan fingerprint density at radius 3 is 2.33 bits per heavy atom. The maximum atomic E-state index is 11.5. The Morgan fingerprint density at radius 2 is 1.72 bits per heavy atom. The third-order valence-electron chi connectivity index (χ3n) is 4.21. The van der Waals surface area contributed by atoms with E-state index >= 15 is 0 Å². The number of rotatable bonds is 2. The van der Waals surface area contributed by atoms with E-state index in [9.17, 15) is 9.90 Å². The number of carbonyl (C=O) groups is 1. The smallest absolute Gasteiger partial charge is 0.308 e. The van der Waals surface area contributed by atoms with Gasteiger partial charge in [0.1, 0.15) is 0 Å². The number of ether oxygens (including phenoxy) is 1. The van der Waals surface area contributed by atoms with Crippen LogP contribution in [0.2, 0.25) is 0 Å². The lowest BCUT2D eigenvalue weighted by molar-refractivity contribution is -0.147. The molecule has 2 rings (SSSR count). The van der Waals surface area contributed by atoms with E-state index < -0.39 is 5.97 Å². The molecule has 1 aliphatic carbocycles. The van der Waals surface area contributed by atoms with Gasteiger partial charge in [0.05, 0.1) is 18.1 Å². The molecule has 0 amide bonds. The lowest BCUT2D eigenvalue weighted by Gasteiger charge is -2.41. The van der Waals surface area contributed by atoms with Gasteiger partial charge in [-0.2, -0.15) is 0 Å². The van der Waals surface area contributed by atoms with Crippen LogP contribution >= 0.6 is 0 Å². The van der Waals surface area contributed by atoms with Gasteiger partial charge in [-0.1, -0.05) is 19.3 Å². The second-order valence-corrected chi connectivity index (χ2v) is 5.86. The van der Waals surface area contributed by atoms with Crippen molar-refractivity contribution in [3.05, 3.63) is 0 Å². The van der Waals surface area contributed by atoms with E-state index in [4.69, 9.17) is 4.74 Å². The molecular formula is C14H25NO3. The first-order valence-electron chi connectivity index (χ1n) is 7.20. The Morgan fingerprint density at radius 1 is 1.11 bits per heavy atom. The lowest BCUT2D eigenvalue weighted by Crippen LogP contribution is -2.53. The Labute approximate surface area is 109 Å². The molecule has 1 saturated heterocycles. The second-order valence-electron chi connectivity index (χ2n) is 5.86. The molecule has 0 bridgehead atoms. The van der Waals surface area contributed by atoms with E-state index in [-0.39, 0.29) is 24.2 Å². The molecule has 18 heavy (non-hydrogen) atoms. The SMILES string of the molecule is CC1CN(C2CCCCCC2C(=O)O)CC(C)O1. The van der Waals surface area contributed by atoms with Gasteiger partial charge in [-0.05, 0) is 26.7 Å². The summed E-state index contributed by atoms with van der Waals surface area (Å²) in [6.07, 6.45) is 5.68. The molecule has 4 heteroatoms. The van der Waals surface area contributed by atoms with Crippen molar-refractivity contribution in [3.63, 3.8) is 0 Å². The molecule has 1 N–H and O–H groups in total. The molecule has 2 aliphatic rings. The molecule has 104 valence electrons. The number of hydrogen-bond acceptors (Lipinski definition) is 3. The van der Waals surface area contributed by atoms with Gasteiger partial charge in [0.2, 0.25) is 0 Å². The zero-order valence-electron chi connectivity index (χ0n) is 11.5. The highest BCUT2D eigenvalue weighted by Crippen LogP contribution is 2.29. The number of carboxylic acids is 1. The lowest BCUT2D eigenvalue weighted by atomic mass is 9.92. The van der Waals surface area contributed by atoms with Gasteiger partial charge in [-0.25, -0.2) is 0 Å². The molecule has 1 heterocycles. The van der Waals surface area contributed by atoms with Gasteiger partial charge in [-0.3, -0.25) is 9.69 Å². The molecule has 0 aromatic carbocycles. The topological polar surface area (TPSA) is 49.8 Å². The minimum atomic E-state index is -0.617. The molecule has 0 aromatic rings. The molecule has 0 radical (unpaired) electrons. The highest BCUT2D eigenvalue weighted by Gasteiger charge is 2.36. The zero-order valence-corrected chi connectivity index (χ0v) is 11.5. The van der Waals surface area contributed by atoms with Crippen molar-refractivity contribution >= 4 is 5.97 Å². The van der Waals surface area contributed by atoms with E-state index in [1.165, 1.54) is 6.42 Å². The van der Waals surface area contributed by atoms with Crippen LogP contribution in [0.3, 0.4) is 0 Å². The van der Waals surface area contributed by atoms with E-state index in [2.05, 4.69) is 18.7 Å². The average Bonchev–Trinajstić information content (AvgIpc) is 2.52. The summed E-state index contributed by atoms with van der Waals surface area (Å²) in [5.41, 5.74) is 0. The molecule has 4 unspecified atom stereocenters. The van der Waals surface area contributed by atoms with E-state index in [0.717, 1.165) is 38.8 Å². The van der Waals surface area contributed by atoms with Crippen LogP contribution < -0.4 is 0 Å². The number of aliphatic carboxylic acids is 1. The van der Waals surface area contributed by atoms with Crippen molar-refractivity contribution in [2.24, 2.45) is 5.92 Å². The van der Waals surface area contributed by atoms with Crippen molar-refractivity contribution in [1.29, 1.82) is 0 Å². The van der Waals surface area contributed by atoms with Crippen LogP contribution in [0.5, 0.6) is 0 Å². The van der Waals surface area contributed by atoms with Crippen molar-refractivity contribution in [3.8, 4) is 0 Å². The first-order chi connectivity index (χ1) is 8.58. The van der Waals surface area contributed by atoms with Crippen LogP contribution in [0.25, 0.3) is 0 Å². The Bertz CT molecular complexity index is 285. The average molecular weight is 255 g/mol. The second kappa shape index (κ2) is 6.02. The predicted molar refractivity (Wildman–Crippen MR) is 69.6 cm³/mol. The van der Waals surface area contributed by atoms with E-state index in [1.807, 2.05) is 0 Å². The fraction of sp³-hybridized carbons (Fsp3) is 0.929. The van der Waals surface area contributed by atoms with Gasteiger partial charge in [0.25, 0.3) is 0 Å². The fourth-order valence-electron chi connectivity index (χ4n) is 3.50. The van der Waals surface area contributed by atoms with Gasteiger partial charge >= 0.3 is 5.97 Å². The Balaban J connectivity index is 2.09. The molecule has 2 fully saturated rings. The highest BCUT2D eigenvalue weighted by molar-refractivity contribution is 5.70. The third kappa shape index (κ3) is 3.23. The van der Waals surface area contributed by atoms with Crippen LogP contribution in [0, 0.1) is 5.92 Å². The summed E-state index contributed by atoms with van der Waals surface area (Å²) in [5, 5.41) is 9.44. The molecule has 1 saturated carbocycles. The Kier molecular flexibility index (Phi) is 4.62. The monoisotopic (exact) mass is 255 g/mol. The molecule has 0 spiro atoms. The first kappa shape index (κ1) is 13.8. The molecule has 1 aliphatic heterocycles. The van der Waals surface area contributed by atoms with E-state index in [0.29, 0.717) is 0 Å². The summed E-state index contributed by atoms with van der Waals surface area (Å²) in [5.74, 6) is -0.807. The van der Waals surface area contributed by atoms with Crippen LogP contribution in [0.4, 0.5) is 0 Å². The summed E-state index contributed by atoms with van der Waals surface area (Å²) >= 11 is 0. The maximum Gasteiger partial charge on any atom is 0.308 e. The van der Waals surface area contributed by atoms with Crippen molar-refractivity contribution in [2.45, 2.75) is 64.2 Å². The van der Waals surface area contributed by atoms with Gasteiger partial charge in [0.15, 0.2) is 0 Å². The minimum Gasteiger partial charge on any atom is -0.481 e. The number of nitrogens with zero attached hydrogens (tertiary/aromatic N) is 1. The number of hydrogen-bond donors (Lipinski definition) is 1. The van der Waals surface area contributed by atoms with Crippen molar-refractivity contribution < 1.29 is 14.6 Å². The predicted octanol–water partition coefficient (Wildman–Crippen LogP) is 2.13. The fourth-order valence-corrected chi connectivity index (χ4v) is 3.50. The van der Waals surface area contributed by atoms with Gasteiger partial charge < -0.3 is 9.84 Å². The highest BCUT2D eigenvalue weighted by atomic mass is 16.5. The standard InChI is InChI=1S/C14H25NO3/c1-10-8-15(9-11(2)18-10)13-7-5-3-4-6-12(13)14(16)17/h10-13H,3-9H2,1-2H3,(H,16,17). The number of carboxylic acid groups (broad SMARTS) is 1. The Hall–Kier alpha value is -0.610. The zero-order chi connectivity index (χ0) is 13.1. The summed E-state index contributed by atoms with van der Waals surface area (Å²) in [6.45, 7) is 5.90. The number of morpholine rings is 1. The van der Waals surface area contributed by atoms with Crippen LogP contribution in [-0.4, -0.2) is 47.3 Å². The van der Waals surface area contributed by atoms with E-state index in [1.54, 1.807) is 0 Å². The summed E-state index contributed by atoms with van der Waals surface area (Å²) in [7, 11) is 0. The van der Waals surface area contributed by atoms with Gasteiger partial charge in [0, 0.05) is 19.1 Å². The largest absolute Gasteiger partial charge is 0.481 e.